The lowest BCUT2D eigenvalue weighted by atomic mass is 10.1. The molecule has 0 unspecified atom stereocenters. The van der Waals surface area contributed by atoms with Gasteiger partial charge in [0.05, 0.1) is 18.5 Å². The maximum absolute atomic E-state index is 13.4. The molecule has 0 aliphatic heterocycles. The molecule has 0 radical (unpaired) electrons. The Balaban J connectivity index is 1.60. The molecule has 2 aromatic heterocycles. The summed E-state index contributed by atoms with van der Waals surface area (Å²) in [7, 11) is -2.95. The molecule has 0 bridgehead atoms. The molecule has 0 aliphatic rings. The second-order valence-corrected chi connectivity index (χ2v) is 10.9. The third kappa shape index (κ3) is 5.32. The van der Waals surface area contributed by atoms with Crippen LogP contribution in [0.25, 0.3) is 28.2 Å². The van der Waals surface area contributed by atoms with Gasteiger partial charge in [-0.3, -0.25) is 4.52 Å². The van der Waals surface area contributed by atoms with E-state index in [1.165, 1.54) is 12.1 Å². The number of ether oxygens (including phenoxy) is 1. The number of hydrogen-bond donors (Lipinski definition) is 2. The first-order valence-corrected chi connectivity index (χ1v) is 13.6. The molecule has 38 heavy (non-hydrogen) atoms. The third-order valence-electron chi connectivity index (χ3n) is 5.42. The van der Waals surface area contributed by atoms with Crippen LogP contribution < -0.4 is 19.8 Å². The van der Waals surface area contributed by atoms with Crippen LogP contribution in [0, 0.1) is 0 Å². The largest absolute Gasteiger partial charge is 0.497 e. The van der Waals surface area contributed by atoms with Gasteiger partial charge in [-0.05, 0) is 64.6 Å². The summed E-state index contributed by atoms with van der Waals surface area (Å²) in [6.45, 7) is 0. The monoisotopic (exact) mass is 614 g/mol. The minimum Gasteiger partial charge on any atom is -0.497 e. The molecular weight excluding hydrogens is 598 g/mol. The Hall–Kier alpha value is -4.00. The van der Waals surface area contributed by atoms with Crippen LogP contribution in [0.3, 0.4) is 0 Å². The summed E-state index contributed by atoms with van der Waals surface area (Å²) >= 11 is 9.34. The standard InChI is InChI=1S/C25H17BrClN5O5S/c1-36-20-12-4-16(5-13-20)22-14-21(15-2-6-17(26)7-3-15)28-25(29-22)30-38(34,35)23-24(33)37-31-32(23)19-10-8-18(27)9-11-19/h2-14H,1H3,(H-,28,29,30,31,33)/p+1. The van der Waals surface area contributed by atoms with Gasteiger partial charge in [0.2, 0.25) is 11.6 Å². The average Bonchev–Trinajstić information content (AvgIpc) is 3.31. The van der Waals surface area contributed by atoms with Crippen molar-refractivity contribution in [3.05, 3.63) is 98.8 Å². The molecule has 2 heterocycles. The van der Waals surface area contributed by atoms with Crippen molar-refractivity contribution in [2.24, 2.45) is 0 Å². The maximum atomic E-state index is 13.4. The number of anilines is 1. The molecule has 0 atom stereocenters. The predicted molar refractivity (Wildman–Crippen MR) is 144 cm³/mol. The summed E-state index contributed by atoms with van der Waals surface area (Å²) in [5, 5.41) is 2.05. The first kappa shape index (κ1) is 25.6. The van der Waals surface area contributed by atoms with Crippen molar-refractivity contribution in [2.45, 2.75) is 5.03 Å². The Morgan fingerprint density at radius 2 is 1.53 bits per heavy atom. The normalized spacial score (nSPS) is 11.3. The second-order valence-electron chi connectivity index (χ2n) is 7.90. The van der Waals surface area contributed by atoms with E-state index >= 15 is 0 Å². The van der Waals surface area contributed by atoms with Crippen LogP contribution in [0.15, 0.2) is 97.7 Å². The Morgan fingerprint density at radius 3 is 2.11 bits per heavy atom. The average molecular weight is 616 g/mol. The smallest absolute Gasteiger partial charge is 0.449 e. The number of aromatic nitrogens is 4. The first-order chi connectivity index (χ1) is 18.2. The van der Waals surface area contributed by atoms with Crippen LogP contribution in [-0.2, 0) is 10.0 Å². The third-order valence-corrected chi connectivity index (χ3v) is 7.51. The Bertz CT molecular complexity index is 1770. The predicted octanol–water partition coefficient (Wildman–Crippen LogP) is 4.59. The highest BCUT2D eigenvalue weighted by atomic mass is 79.9. The minimum absolute atomic E-state index is 0.237. The molecule has 0 aliphatic carbocycles. The van der Waals surface area contributed by atoms with Gasteiger partial charge in [0.15, 0.2) is 0 Å². The summed E-state index contributed by atoms with van der Waals surface area (Å²) in [5.74, 6) is 0.419. The Kier molecular flexibility index (Phi) is 7.02. The van der Waals surface area contributed by atoms with E-state index in [-0.39, 0.29) is 5.95 Å². The zero-order chi connectivity index (χ0) is 26.9. The number of rotatable bonds is 7. The van der Waals surface area contributed by atoms with E-state index in [0.29, 0.717) is 33.4 Å². The van der Waals surface area contributed by atoms with E-state index in [9.17, 15) is 13.2 Å². The van der Waals surface area contributed by atoms with Gasteiger partial charge in [-0.1, -0.05) is 39.7 Å². The van der Waals surface area contributed by atoms with Crippen LogP contribution >= 0.6 is 27.5 Å². The van der Waals surface area contributed by atoms with Crippen LogP contribution in [0.5, 0.6) is 5.75 Å². The summed E-state index contributed by atoms with van der Waals surface area (Å²) in [4.78, 5) is 21.3. The van der Waals surface area contributed by atoms with Gasteiger partial charge in [0, 0.05) is 32.8 Å². The number of H-pyrrole nitrogens is 1. The van der Waals surface area contributed by atoms with Gasteiger partial charge >= 0.3 is 20.7 Å². The zero-order valence-corrected chi connectivity index (χ0v) is 22.7. The molecule has 0 saturated heterocycles. The molecule has 5 aromatic rings. The van der Waals surface area contributed by atoms with Gasteiger partial charge < -0.3 is 4.74 Å². The van der Waals surface area contributed by atoms with E-state index in [2.05, 4.69) is 35.9 Å². The van der Waals surface area contributed by atoms with Crippen LogP contribution in [0.4, 0.5) is 5.95 Å². The molecular formula is C25H18BrClN5O5S+. The van der Waals surface area contributed by atoms with E-state index in [1.54, 1.807) is 49.6 Å². The van der Waals surface area contributed by atoms with Crippen LogP contribution in [-0.4, -0.2) is 30.8 Å². The number of halogens is 2. The molecule has 0 saturated carbocycles. The van der Waals surface area contributed by atoms with Gasteiger partial charge in [-0.2, -0.15) is 8.42 Å². The lowest BCUT2D eigenvalue weighted by Crippen LogP contribution is -2.42. The fourth-order valence-corrected chi connectivity index (χ4v) is 5.06. The van der Waals surface area contributed by atoms with Crippen molar-refractivity contribution < 1.29 is 22.4 Å². The summed E-state index contributed by atoms with van der Waals surface area (Å²) in [5.41, 5.74) is 1.54. The fraction of sp³-hybridized carbons (Fsp3) is 0.0400. The minimum atomic E-state index is -4.51. The molecule has 10 nitrogen and oxygen atoms in total. The fourth-order valence-electron chi connectivity index (χ4n) is 3.59. The van der Waals surface area contributed by atoms with Gasteiger partial charge in [0.1, 0.15) is 5.75 Å². The highest BCUT2D eigenvalue weighted by Crippen LogP contribution is 2.28. The molecule has 3 aromatic carbocycles. The van der Waals surface area contributed by atoms with Crippen molar-refractivity contribution in [3.63, 3.8) is 0 Å². The molecule has 13 heteroatoms. The number of methoxy groups -OCH3 is 1. The van der Waals surface area contributed by atoms with Crippen molar-refractivity contribution in [2.75, 3.05) is 11.8 Å². The van der Waals surface area contributed by atoms with E-state index in [4.69, 9.17) is 20.9 Å². The molecule has 2 N–H and O–H groups in total. The van der Waals surface area contributed by atoms with Crippen molar-refractivity contribution in [1.29, 1.82) is 0 Å². The molecule has 0 spiro atoms. The zero-order valence-electron chi connectivity index (χ0n) is 19.6. The van der Waals surface area contributed by atoms with E-state index in [1.807, 2.05) is 24.3 Å². The summed E-state index contributed by atoms with van der Waals surface area (Å²) < 4.78 is 41.1. The van der Waals surface area contributed by atoms with Crippen molar-refractivity contribution in [1.82, 2.24) is 15.2 Å². The molecule has 192 valence electrons. The van der Waals surface area contributed by atoms with Crippen molar-refractivity contribution in [3.8, 4) is 34.0 Å². The van der Waals surface area contributed by atoms with Crippen LogP contribution in [0.1, 0.15) is 0 Å². The number of nitrogens with zero attached hydrogens (tertiary/aromatic N) is 3. The maximum Gasteiger partial charge on any atom is 0.449 e. The number of nitrogens with one attached hydrogen (secondary N) is 2. The number of sulfonamides is 1. The van der Waals surface area contributed by atoms with E-state index < -0.39 is 20.7 Å². The lowest BCUT2D eigenvalue weighted by molar-refractivity contribution is -0.705. The highest BCUT2D eigenvalue weighted by Gasteiger charge is 2.37. The topological polar surface area (TPSA) is 131 Å². The second kappa shape index (κ2) is 10.4. The van der Waals surface area contributed by atoms with Crippen LogP contribution in [0.2, 0.25) is 5.02 Å². The highest BCUT2D eigenvalue weighted by molar-refractivity contribution is 9.10. The summed E-state index contributed by atoms with van der Waals surface area (Å²) in [6, 6.07) is 22.3. The van der Waals surface area contributed by atoms with E-state index in [0.717, 1.165) is 14.7 Å². The van der Waals surface area contributed by atoms with Crippen molar-refractivity contribution >= 4 is 43.5 Å². The number of hydrogen-bond acceptors (Lipinski definition) is 7. The van der Waals surface area contributed by atoms with Gasteiger partial charge in [-0.15, -0.1) is 0 Å². The number of aromatic amines is 1. The number of benzene rings is 3. The summed E-state index contributed by atoms with van der Waals surface area (Å²) in [6.07, 6.45) is 0. The quantitative estimate of drug-likeness (QED) is 0.256. The molecule has 5 rings (SSSR count). The molecule has 0 amide bonds. The van der Waals surface area contributed by atoms with Gasteiger partial charge in [0.25, 0.3) is 0 Å². The molecule has 0 fully saturated rings. The first-order valence-electron chi connectivity index (χ1n) is 11.0. The van der Waals surface area contributed by atoms with Gasteiger partial charge in [-0.25, -0.2) is 19.5 Å². The Morgan fingerprint density at radius 1 is 0.947 bits per heavy atom. The Labute approximate surface area is 230 Å². The SMILES string of the molecule is COc1ccc(-c2cc(-c3ccc(Br)cc3)nc(NS(=O)(=O)c3c(=O)o[nH][n+]3-c3ccc(Cl)cc3)n2)cc1. The lowest BCUT2D eigenvalue weighted by Gasteiger charge is -2.10.